The summed E-state index contributed by atoms with van der Waals surface area (Å²) in [4.78, 5) is 10.6. The molecule has 1 aromatic heterocycles. The van der Waals surface area contributed by atoms with E-state index >= 15 is 0 Å². The molecule has 0 amide bonds. The smallest absolute Gasteiger partial charge is 0.135 e. The Labute approximate surface area is 117 Å². The summed E-state index contributed by atoms with van der Waals surface area (Å²) in [6, 6.07) is 10.4. The second kappa shape index (κ2) is 5.21. The third-order valence-corrected chi connectivity index (χ3v) is 4.35. The number of anilines is 1. The van der Waals surface area contributed by atoms with Gasteiger partial charge in [-0.1, -0.05) is 30.0 Å². The predicted octanol–water partition coefficient (Wildman–Crippen LogP) is 3.86. The molecule has 19 heavy (non-hydrogen) atoms. The van der Waals surface area contributed by atoms with Crippen LogP contribution in [0.3, 0.4) is 0 Å². The van der Waals surface area contributed by atoms with Crippen molar-refractivity contribution in [1.29, 1.82) is 0 Å². The molecule has 1 aromatic carbocycles. The summed E-state index contributed by atoms with van der Waals surface area (Å²) in [5.74, 6) is 2.52. The van der Waals surface area contributed by atoms with E-state index in [0.29, 0.717) is 5.92 Å². The van der Waals surface area contributed by atoms with E-state index in [-0.39, 0.29) is 0 Å². The minimum atomic E-state index is 0.572. The molecular weight excluding hydrogens is 254 g/mol. The lowest BCUT2D eigenvalue weighted by atomic mass is 10.3. The maximum atomic E-state index is 4.75. The molecule has 0 radical (unpaired) electrons. The molecule has 1 fully saturated rings. The van der Waals surface area contributed by atoms with Crippen LogP contribution in [-0.2, 0) is 0 Å². The lowest BCUT2D eigenvalue weighted by Gasteiger charge is -2.11. The molecule has 0 unspecified atom stereocenters. The highest BCUT2D eigenvalue weighted by molar-refractivity contribution is 7.99. The SMILES string of the molecule is CNc1nc(C2CC2)nc(Sc2ccccc2)c1C. The van der Waals surface area contributed by atoms with E-state index in [1.54, 1.807) is 11.8 Å². The highest BCUT2D eigenvalue weighted by Gasteiger charge is 2.28. The number of hydrogen-bond acceptors (Lipinski definition) is 4. The van der Waals surface area contributed by atoms with E-state index in [9.17, 15) is 0 Å². The molecule has 98 valence electrons. The van der Waals surface area contributed by atoms with Gasteiger partial charge in [0.15, 0.2) is 0 Å². The average molecular weight is 271 g/mol. The fraction of sp³-hybridized carbons (Fsp3) is 0.333. The topological polar surface area (TPSA) is 37.8 Å². The van der Waals surface area contributed by atoms with Crippen molar-refractivity contribution >= 4 is 17.6 Å². The second-order valence-electron chi connectivity index (χ2n) is 4.80. The van der Waals surface area contributed by atoms with Gasteiger partial charge in [-0.2, -0.15) is 0 Å². The summed E-state index contributed by atoms with van der Waals surface area (Å²) in [5, 5.41) is 4.24. The van der Waals surface area contributed by atoms with Gasteiger partial charge in [-0.3, -0.25) is 0 Å². The number of aromatic nitrogens is 2. The molecular formula is C15H17N3S. The highest BCUT2D eigenvalue weighted by Crippen LogP contribution is 2.40. The van der Waals surface area contributed by atoms with Crippen LogP contribution in [0.1, 0.15) is 30.1 Å². The first-order valence-corrected chi connectivity index (χ1v) is 7.39. The summed E-state index contributed by atoms with van der Waals surface area (Å²) >= 11 is 1.71. The Morgan fingerprint density at radius 2 is 1.89 bits per heavy atom. The lowest BCUT2D eigenvalue weighted by Crippen LogP contribution is -2.03. The quantitative estimate of drug-likeness (QED) is 0.857. The van der Waals surface area contributed by atoms with E-state index in [0.717, 1.165) is 22.2 Å². The molecule has 3 nitrogen and oxygen atoms in total. The van der Waals surface area contributed by atoms with E-state index in [2.05, 4.69) is 41.5 Å². The molecule has 2 aromatic rings. The molecule has 0 spiro atoms. The summed E-state index contributed by atoms with van der Waals surface area (Å²) < 4.78 is 0. The Bertz CT molecular complexity index is 579. The van der Waals surface area contributed by atoms with Gasteiger partial charge < -0.3 is 5.32 Å². The maximum absolute atomic E-state index is 4.75. The maximum Gasteiger partial charge on any atom is 0.135 e. The van der Waals surface area contributed by atoms with Gasteiger partial charge in [-0.25, -0.2) is 9.97 Å². The van der Waals surface area contributed by atoms with Crippen molar-refractivity contribution in [2.45, 2.75) is 35.6 Å². The van der Waals surface area contributed by atoms with Crippen molar-refractivity contribution in [2.24, 2.45) is 0 Å². The van der Waals surface area contributed by atoms with E-state index in [4.69, 9.17) is 4.98 Å². The first kappa shape index (κ1) is 12.5. The molecule has 1 aliphatic rings. The Hall–Kier alpha value is -1.55. The Morgan fingerprint density at radius 1 is 1.16 bits per heavy atom. The third kappa shape index (κ3) is 2.73. The van der Waals surface area contributed by atoms with Crippen molar-refractivity contribution < 1.29 is 0 Å². The molecule has 1 heterocycles. The standard InChI is InChI=1S/C15H17N3S/c1-10-13(16-2)17-14(11-8-9-11)18-15(10)19-12-6-4-3-5-7-12/h3-7,11H,8-9H2,1-2H3,(H,16,17,18). The number of rotatable bonds is 4. The van der Waals surface area contributed by atoms with Crippen molar-refractivity contribution in [1.82, 2.24) is 9.97 Å². The van der Waals surface area contributed by atoms with Crippen LogP contribution >= 0.6 is 11.8 Å². The Kier molecular flexibility index (Phi) is 3.42. The van der Waals surface area contributed by atoms with Crippen LogP contribution in [0.15, 0.2) is 40.3 Å². The first-order chi connectivity index (χ1) is 9.28. The fourth-order valence-corrected chi connectivity index (χ4v) is 2.89. The first-order valence-electron chi connectivity index (χ1n) is 6.57. The van der Waals surface area contributed by atoms with Crippen molar-refractivity contribution in [2.75, 3.05) is 12.4 Å². The van der Waals surface area contributed by atoms with Crippen LogP contribution in [-0.4, -0.2) is 17.0 Å². The van der Waals surface area contributed by atoms with Crippen LogP contribution in [0.5, 0.6) is 0 Å². The van der Waals surface area contributed by atoms with Crippen LogP contribution in [0, 0.1) is 6.92 Å². The monoisotopic (exact) mass is 271 g/mol. The second-order valence-corrected chi connectivity index (χ2v) is 5.86. The van der Waals surface area contributed by atoms with E-state index in [1.807, 2.05) is 13.1 Å². The van der Waals surface area contributed by atoms with Crippen LogP contribution in [0.25, 0.3) is 0 Å². The molecule has 1 N–H and O–H groups in total. The van der Waals surface area contributed by atoms with Crippen LogP contribution in [0.4, 0.5) is 5.82 Å². The van der Waals surface area contributed by atoms with Gasteiger partial charge in [0.1, 0.15) is 16.7 Å². The summed E-state index contributed by atoms with van der Waals surface area (Å²) in [6.07, 6.45) is 2.45. The van der Waals surface area contributed by atoms with Crippen LogP contribution in [0.2, 0.25) is 0 Å². The third-order valence-electron chi connectivity index (χ3n) is 3.26. The number of nitrogens with one attached hydrogen (secondary N) is 1. The van der Waals surface area contributed by atoms with Gasteiger partial charge in [-0.15, -0.1) is 0 Å². The van der Waals surface area contributed by atoms with Gasteiger partial charge in [0.05, 0.1) is 0 Å². The highest BCUT2D eigenvalue weighted by atomic mass is 32.2. The molecule has 4 heteroatoms. The lowest BCUT2D eigenvalue weighted by molar-refractivity contribution is 0.865. The minimum absolute atomic E-state index is 0.572. The van der Waals surface area contributed by atoms with Crippen LogP contribution < -0.4 is 5.32 Å². The average Bonchev–Trinajstić information content (AvgIpc) is 3.27. The normalized spacial score (nSPS) is 14.4. The molecule has 3 rings (SSSR count). The minimum Gasteiger partial charge on any atom is -0.373 e. The van der Waals surface area contributed by atoms with Gasteiger partial charge in [0.25, 0.3) is 0 Å². The Balaban J connectivity index is 1.97. The summed E-state index contributed by atoms with van der Waals surface area (Å²) in [7, 11) is 1.92. The Morgan fingerprint density at radius 3 is 2.53 bits per heavy atom. The largest absolute Gasteiger partial charge is 0.373 e. The molecule has 1 saturated carbocycles. The summed E-state index contributed by atoms with van der Waals surface area (Å²) in [5.41, 5.74) is 1.13. The number of hydrogen-bond donors (Lipinski definition) is 1. The zero-order valence-corrected chi connectivity index (χ0v) is 12.0. The van der Waals surface area contributed by atoms with Gasteiger partial charge >= 0.3 is 0 Å². The summed E-state index contributed by atoms with van der Waals surface area (Å²) in [6.45, 7) is 2.08. The van der Waals surface area contributed by atoms with E-state index < -0.39 is 0 Å². The van der Waals surface area contributed by atoms with Gasteiger partial charge in [-0.05, 0) is 31.9 Å². The van der Waals surface area contributed by atoms with E-state index in [1.165, 1.54) is 17.7 Å². The zero-order valence-electron chi connectivity index (χ0n) is 11.2. The molecule has 1 aliphatic carbocycles. The van der Waals surface area contributed by atoms with Crippen molar-refractivity contribution in [3.63, 3.8) is 0 Å². The van der Waals surface area contributed by atoms with Crippen molar-refractivity contribution in [3.8, 4) is 0 Å². The molecule has 0 bridgehead atoms. The van der Waals surface area contributed by atoms with Gasteiger partial charge in [0.2, 0.25) is 0 Å². The number of nitrogens with zero attached hydrogens (tertiary/aromatic N) is 2. The molecule has 0 saturated heterocycles. The fourth-order valence-electron chi connectivity index (χ4n) is 1.98. The predicted molar refractivity (Wildman–Crippen MR) is 78.9 cm³/mol. The molecule has 0 aliphatic heterocycles. The van der Waals surface area contributed by atoms with Crippen molar-refractivity contribution in [3.05, 3.63) is 41.7 Å². The van der Waals surface area contributed by atoms with Gasteiger partial charge in [0, 0.05) is 23.4 Å². The zero-order chi connectivity index (χ0) is 13.2. The number of benzene rings is 1. The molecule has 0 atom stereocenters.